The molecule has 2 saturated heterocycles. The average molecular weight is 632 g/mol. The van der Waals surface area contributed by atoms with Gasteiger partial charge in [0.25, 0.3) is 0 Å². The first-order valence-electron chi connectivity index (χ1n) is 16.9. The fourth-order valence-electron chi connectivity index (χ4n) is 7.10. The van der Waals surface area contributed by atoms with Crippen LogP contribution >= 0.6 is 0 Å². The zero-order valence-electron chi connectivity index (χ0n) is 28.2. The highest BCUT2D eigenvalue weighted by molar-refractivity contribution is 5.69. The Balaban J connectivity index is 1.04. The van der Waals surface area contributed by atoms with Crippen LogP contribution in [0.4, 0.5) is 9.59 Å². The Kier molecular flexibility index (Phi) is 8.91. The monoisotopic (exact) mass is 631 g/mol. The van der Waals surface area contributed by atoms with Crippen molar-refractivity contribution in [2.75, 3.05) is 13.1 Å². The summed E-state index contributed by atoms with van der Waals surface area (Å²) in [6.07, 6.45) is 10.9. The van der Waals surface area contributed by atoms with Crippen LogP contribution in [0.5, 0.6) is 0 Å². The molecule has 2 atom stereocenters. The van der Waals surface area contributed by atoms with Crippen LogP contribution in [0.25, 0.3) is 11.3 Å². The third kappa shape index (κ3) is 7.26. The summed E-state index contributed by atoms with van der Waals surface area (Å²) in [6.45, 7) is 12.7. The number of amides is 2. The molecule has 2 aromatic heterocycles. The first kappa shape index (κ1) is 32.1. The standard InChI is InChI=1S/C36H49N5O5/c1-35(2,3)45-33(42)40-19-7-9-29(40)31-37-21-27(38-31)25-15-11-23(12-16-25)24-13-17-26(18-14-24)28-22-44-32(39-28)30-10-8-20-41(30)34(43)46-36(4,5)6/h11-12,15-16,21-22,24,26,29-30H,7-10,13-14,17-20H2,1-6H3,(H,37,38)/t24?,26?,29-,30-/m1/s1. The number of hydrogen-bond acceptors (Lipinski definition) is 7. The van der Waals surface area contributed by atoms with Gasteiger partial charge >= 0.3 is 12.2 Å². The number of oxazole rings is 1. The van der Waals surface area contributed by atoms with E-state index in [1.54, 1.807) is 16.1 Å². The number of aromatic nitrogens is 3. The molecule has 3 fully saturated rings. The van der Waals surface area contributed by atoms with E-state index in [-0.39, 0.29) is 24.3 Å². The van der Waals surface area contributed by atoms with Gasteiger partial charge in [-0.05, 0) is 110 Å². The Hall–Kier alpha value is -3.82. The van der Waals surface area contributed by atoms with Gasteiger partial charge in [0.2, 0.25) is 5.89 Å². The molecule has 3 aliphatic rings. The number of nitrogens with zero attached hydrogens (tertiary/aromatic N) is 4. The number of ether oxygens (including phenoxy) is 2. The minimum atomic E-state index is -0.532. The molecule has 248 valence electrons. The van der Waals surface area contributed by atoms with E-state index >= 15 is 0 Å². The molecule has 0 spiro atoms. The molecular weight excluding hydrogens is 582 g/mol. The molecule has 6 rings (SSSR count). The lowest BCUT2D eigenvalue weighted by atomic mass is 9.77. The van der Waals surface area contributed by atoms with E-state index in [0.717, 1.165) is 74.1 Å². The van der Waals surface area contributed by atoms with E-state index in [2.05, 4.69) is 34.2 Å². The van der Waals surface area contributed by atoms with Gasteiger partial charge in [0.15, 0.2) is 0 Å². The number of hydrogen-bond donors (Lipinski definition) is 1. The van der Waals surface area contributed by atoms with Crippen LogP contribution in [-0.4, -0.2) is 61.2 Å². The van der Waals surface area contributed by atoms with Crippen LogP contribution in [0.2, 0.25) is 0 Å². The fraction of sp³-hybridized carbons (Fsp3) is 0.611. The Morgan fingerprint density at radius 2 is 1.37 bits per heavy atom. The maximum absolute atomic E-state index is 12.8. The summed E-state index contributed by atoms with van der Waals surface area (Å²) in [5.74, 6) is 2.31. The quantitative estimate of drug-likeness (QED) is 0.300. The first-order chi connectivity index (χ1) is 21.8. The second-order valence-corrected chi connectivity index (χ2v) is 15.1. The van der Waals surface area contributed by atoms with Gasteiger partial charge in [-0.15, -0.1) is 0 Å². The molecule has 10 nitrogen and oxygen atoms in total. The van der Waals surface area contributed by atoms with Crippen molar-refractivity contribution < 1.29 is 23.5 Å². The van der Waals surface area contributed by atoms with Gasteiger partial charge in [0, 0.05) is 19.0 Å². The number of rotatable bonds is 5. The SMILES string of the molecule is CC(C)(C)OC(=O)N1CCC[C@@H]1c1ncc(-c2ccc(C3CCC(c4coc([C@H]5CCCN5C(=O)OC(C)(C)C)n4)CC3)cc2)[nH]1. The molecule has 1 aromatic carbocycles. The molecule has 1 saturated carbocycles. The smallest absolute Gasteiger partial charge is 0.410 e. The molecule has 0 bridgehead atoms. The summed E-state index contributed by atoms with van der Waals surface area (Å²) < 4.78 is 17.2. The second-order valence-electron chi connectivity index (χ2n) is 15.1. The van der Waals surface area contributed by atoms with Gasteiger partial charge in [-0.3, -0.25) is 9.80 Å². The number of benzene rings is 1. The van der Waals surface area contributed by atoms with Gasteiger partial charge in [0.1, 0.15) is 29.3 Å². The van der Waals surface area contributed by atoms with Gasteiger partial charge in [0.05, 0.1) is 23.6 Å². The summed E-state index contributed by atoms with van der Waals surface area (Å²) in [5.41, 5.74) is 3.34. The van der Waals surface area contributed by atoms with E-state index in [9.17, 15) is 9.59 Å². The number of nitrogens with one attached hydrogen (secondary N) is 1. The van der Waals surface area contributed by atoms with E-state index in [1.807, 2.05) is 47.7 Å². The molecule has 4 heterocycles. The first-order valence-corrected chi connectivity index (χ1v) is 16.9. The predicted octanol–water partition coefficient (Wildman–Crippen LogP) is 8.65. The van der Waals surface area contributed by atoms with Crippen LogP contribution in [0, 0.1) is 0 Å². The minimum Gasteiger partial charge on any atom is -0.446 e. The van der Waals surface area contributed by atoms with Crippen molar-refractivity contribution in [2.24, 2.45) is 0 Å². The van der Waals surface area contributed by atoms with Crippen molar-refractivity contribution in [3.05, 3.63) is 59.7 Å². The van der Waals surface area contributed by atoms with Crippen LogP contribution in [0.15, 0.2) is 41.1 Å². The number of imidazole rings is 1. The van der Waals surface area contributed by atoms with E-state index < -0.39 is 11.2 Å². The van der Waals surface area contributed by atoms with Crippen molar-refractivity contribution in [1.29, 1.82) is 0 Å². The van der Waals surface area contributed by atoms with Gasteiger partial charge in [-0.2, -0.15) is 0 Å². The molecular formula is C36H49N5O5. The molecule has 2 amide bonds. The number of likely N-dealkylation sites (tertiary alicyclic amines) is 2. The molecule has 46 heavy (non-hydrogen) atoms. The van der Waals surface area contributed by atoms with Gasteiger partial charge < -0.3 is 18.9 Å². The van der Waals surface area contributed by atoms with Gasteiger partial charge in [-0.1, -0.05) is 24.3 Å². The van der Waals surface area contributed by atoms with Crippen LogP contribution < -0.4 is 0 Å². The molecule has 10 heteroatoms. The second kappa shape index (κ2) is 12.8. The van der Waals surface area contributed by atoms with Crippen LogP contribution in [0.1, 0.15) is 140 Å². The third-order valence-corrected chi connectivity index (χ3v) is 9.34. The van der Waals surface area contributed by atoms with Crippen molar-refractivity contribution in [1.82, 2.24) is 24.8 Å². The molecule has 1 aliphatic carbocycles. The topological polar surface area (TPSA) is 114 Å². The maximum atomic E-state index is 12.8. The van der Waals surface area contributed by atoms with E-state index in [0.29, 0.717) is 30.8 Å². The van der Waals surface area contributed by atoms with Crippen LogP contribution in [-0.2, 0) is 9.47 Å². The van der Waals surface area contributed by atoms with Gasteiger partial charge in [-0.25, -0.2) is 19.6 Å². The highest BCUT2D eigenvalue weighted by Crippen LogP contribution is 2.42. The molecule has 1 N–H and O–H groups in total. The summed E-state index contributed by atoms with van der Waals surface area (Å²) in [5, 5.41) is 0. The zero-order valence-corrected chi connectivity index (χ0v) is 28.2. The maximum Gasteiger partial charge on any atom is 0.410 e. The summed E-state index contributed by atoms with van der Waals surface area (Å²) in [7, 11) is 0. The fourth-order valence-corrected chi connectivity index (χ4v) is 7.10. The average Bonchev–Trinajstić information content (AvgIpc) is 3.82. The number of carbonyl (C=O) groups excluding carboxylic acids is 2. The lowest BCUT2D eigenvalue weighted by Gasteiger charge is -2.28. The number of H-pyrrole nitrogens is 1. The minimum absolute atomic E-state index is 0.0964. The molecule has 0 radical (unpaired) electrons. The number of carbonyl (C=O) groups is 2. The summed E-state index contributed by atoms with van der Waals surface area (Å²) >= 11 is 0. The lowest BCUT2D eigenvalue weighted by molar-refractivity contribution is 0.0199. The lowest BCUT2D eigenvalue weighted by Crippen LogP contribution is -2.36. The van der Waals surface area contributed by atoms with Crippen LogP contribution in [0.3, 0.4) is 0 Å². The molecule has 2 aliphatic heterocycles. The molecule has 0 unspecified atom stereocenters. The van der Waals surface area contributed by atoms with E-state index in [1.165, 1.54) is 5.56 Å². The summed E-state index contributed by atoms with van der Waals surface area (Å²) in [4.78, 5) is 42.1. The van der Waals surface area contributed by atoms with Crippen molar-refractivity contribution in [3.63, 3.8) is 0 Å². The van der Waals surface area contributed by atoms with Crippen molar-refractivity contribution in [3.8, 4) is 11.3 Å². The normalized spacial score (nSPS) is 24.0. The summed E-state index contributed by atoms with van der Waals surface area (Å²) in [6, 6.07) is 8.56. The Labute approximate surface area is 272 Å². The van der Waals surface area contributed by atoms with E-state index in [4.69, 9.17) is 18.9 Å². The Morgan fingerprint density at radius 1 is 0.804 bits per heavy atom. The third-order valence-electron chi connectivity index (χ3n) is 9.34. The zero-order chi connectivity index (χ0) is 32.6. The Morgan fingerprint density at radius 3 is 1.98 bits per heavy atom. The highest BCUT2D eigenvalue weighted by atomic mass is 16.6. The predicted molar refractivity (Wildman–Crippen MR) is 174 cm³/mol. The highest BCUT2D eigenvalue weighted by Gasteiger charge is 2.37. The van der Waals surface area contributed by atoms with Crippen molar-refractivity contribution >= 4 is 12.2 Å². The molecule has 3 aromatic rings. The Bertz CT molecular complexity index is 1510. The largest absolute Gasteiger partial charge is 0.446 e. The number of aromatic amines is 1. The van der Waals surface area contributed by atoms with Crippen molar-refractivity contribution in [2.45, 2.75) is 128 Å².